The standard InChI is InChI=1S/C18H21FN4O/c19-16-4-2-1-3-14(16)11-17(24)22-9-7-15(8-10-22)23-12-20-21-18(23)13-5-6-13/h1-4,12-13,15H,5-11H2. The molecule has 126 valence electrons. The van der Waals surface area contributed by atoms with Gasteiger partial charge in [-0.3, -0.25) is 4.79 Å². The third kappa shape index (κ3) is 3.05. The van der Waals surface area contributed by atoms with Crippen molar-refractivity contribution in [2.75, 3.05) is 13.1 Å². The molecule has 2 heterocycles. The Labute approximate surface area is 140 Å². The lowest BCUT2D eigenvalue weighted by molar-refractivity contribution is -0.131. The van der Waals surface area contributed by atoms with Crippen LogP contribution in [0.5, 0.6) is 0 Å². The summed E-state index contributed by atoms with van der Waals surface area (Å²) in [7, 11) is 0. The van der Waals surface area contributed by atoms with Crippen LogP contribution in [0.2, 0.25) is 0 Å². The molecule has 1 aliphatic carbocycles. The fourth-order valence-corrected chi connectivity index (χ4v) is 3.48. The highest BCUT2D eigenvalue weighted by Crippen LogP contribution is 2.40. The van der Waals surface area contributed by atoms with Gasteiger partial charge in [0.1, 0.15) is 18.0 Å². The van der Waals surface area contributed by atoms with Gasteiger partial charge in [0, 0.05) is 25.0 Å². The number of hydrogen-bond donors (Lipinski definition) is 0. The number of nitrogens with zero attached hydrogens (tertiary/aromatic N) is 4. The Balaban J connectivity index is 1.36. The van der Waals surface area contributed by atoms with Crippen molar-refractivity contribution >= 4 is 5.91 Å². The summed E-state index contributed by atoms with van der Waals surface area (Å²) in [6.07, 6.45) is 6.19. The molecule has 5 nitrogen and oxygen atoms in total. The van der Waals surface area contributed by atoms with Gasteiger partial charge >= 0.3 is 0 Å². The first-order valence-electron chi connectivity index (χ1n) is 8.63. The Morgan fingerprint density at radius 3 is 2.62 bits per heavy atom. The molecule has 0 spiro atoms. The molecule has 1 aliphatic heterocycles. The summed E-state index contributed by atoms with van der Waals surface area (Å²) in [6.45, 7) is 1.42. The molecule has 0 unspecified atom stereocenters. The van der Waals surface area contributed by atoms with Crippen LogP contribution in [-0.2, 0) is 11.2 Å². The Bertz CT molecular complexity index is 732. The van der Waals surface area contributed by atoms with Crippen molar-refractivity contribution < 1.29 is 9.18 Å². The van der Waals surface area contributed by atoms with Crippen molar-refractivity contribution in [1.29, 1.82) is 0 Å². The lowest BCUT2D eigenvalue weighted by atomic mass is 10.0. The van der Waals surface area contributed by atoms with Crippen LogP contribution in [0, 0.1) is 5.82 Å². The minimum absolute atomic E-state index is 0.00437. The van der Waals surface area contributed by atoms with E-state index < -0.39 is 0 Å². The molecule has 2 aliphatic rings. The van der Waals surface area contributed by atoms with Crippen molar-refractivity contribution in [3.63, 3.8) is 0 Å². The van der Waals surface area contributed by atoms with E-state index in [2.05, 4.69) is 14.8 Å². The van der Waals surface area contributed by atoms with Crippen molar-refractivity contribution in [2.45, 2.75) is 44.1 Å². The molecule has 0 atom stereocenters. The number of hydrogen-bond acceptors (Lipinski definition) is 3. The molecule has 0 bridgehead atoms. The van der Waals surface area contributed by atoms with E-state index in [1.165, 1.54) is 18.9 Å². The Kier molecular flexibility index (Phi) is 4.04. The number of carbonyl (C=O) groups is 1. The summed E-state index contributed by atoms with van der Waals surface area (Å²) in [6, 6.07) is 6.86. The summed E-state index contributed by atoms with van der Waals surface area (Å²) >= 11 is 0. The maximum Gasteiger partial charge on any atom is 0.227 e. The van der Waals surface area contributed by atoms with Crippen LogP contribution >= 0.6 is 0 Å². The van der Waals surface area contributed by atoms with Gasteiger partial charge in [-0.05, 0) is 37.3 Å². The largest absolute Gasteiger partial charge is 0.342 e. The summed E-state index contributed by atoms with van der Waals surface area (Å²) in [5, 5.41) is 8.33. The highest BCUT2D eigenvalue weighted by Gasteiger charge is 2.32. The Morgan fingerprint density at radius 2 is 1.92 bits per heavy atom. The van der Waals surface area contributed by atoms with Gasteiger partial charge in [0.05, 0.1) is 6.42 Å². The highest BCUT2D eigenvalue weighted by atomic mass is 19.1. The second kappa shape index (κ2) is 6.34. The Morgan fingerprint density at radius 1 is 1.17 bits per heavy atom. The van der Waals surface area contributed by atoms with Gasteiger partial charge < -0.3 is 9.47 Å². The highest BCUT2D eigenvalue weighted by molar-refractivity contribution is 5.78. The van der Waals surface area contributed by atoms with Crippen molar-refractivity contribution in [1.82, 2.24) is 19.7 Å². The maximum absolute atomic E-state index is 13.7. The van der Waals surface area contributed by atoms with Gasteiger partial charge in [0.2, 0.25) is 5.91 Å². The molecule has 6 heteroatoms. The fourth-order valence-electron chi connectivity index (χ4n) is 3.48. The lowest BCUT2D eigenvalue weighted by Gasteiger charge is -2.33. The molecule has 4 rings (SSSR count). The van der Waals surface area contributed by atoms with Crippen LogP contribution in [0.1, 0.15) is 49.0 Å². The van der Waals surface area contributed by atoms with E-state index >= 15 is 0 Å². The molecular weight excluding hydrogens is 307 g/mol. The molecule has 0 radical (unpaired) electrons. The lowest BCUT2D eigenvalue weighted by Crippen LogP contribution is -2.40. The first-order valence-corrected chi connectivity index (χ1v) is 8.63. The van der Waals surface area contributed by atoms with Crippen molar-refractivity contribution in [2.24, 2.45) is 0 Å². The zero-order chi connectivity index (χ0) is 16.5. The molecule has 1 saturated carbocycles. The van der Waals surface area contributed by atoms with Crippen LogP contribution in [0.25, 0.3) is 0 Å². The molecule has 1 aromatic carbocycles. The molecule has 1 amide bonds. The number of halogens is 1. The average molecular weight is 328 g/mol. The van der Waals surface area contributed by atoms with Gasteiger partial charge in [-0.15, -0.1) is 10.2 Å². The van der Waals surface area contributed by atoms with E-state index in [9.17, 15) is 9.18 Å². The smallest absolute Gasteiger partial charge is 0.227 e. The molecule has 2 fully saturated rings. The minimum atomic E-state index is -0.306. The van der Waals surface area contributed by atoms with Gasteiger partial charge in [0.25, 0.3) is 0 Å². The minimum Gasteiger partial charge on any atom is -0.342 e. The number of likely N-dealkylation sites (tertiary alicyclic amines) is 1. The first kappa shape index (κ1) is 15.3. The van der Waals surface area contributed by atoms with Crippen molar-refractivity contribution in [3.05, 3.63) is 47.8 Å². The van der Waals surface area contributed by atoms with Gasteiger partial charge in [-0.2, -0.15) is 0 Å². The predicted octanol–water partition coefficient (Wildman–Crippen LogP) is 2.70. The van der Waals surface area contributed by atoms with Gasteiger partial charge in [-0.25, -0.2) is 4.39 Å². The SMILES string of the molecule is O=C(Cc1ccccc1F)N1CCC(n2cnnc2C2CC2)CC1. The average Bonchev–Trinajstić information content (AvgIpc) is 3.34. The van der Waals surface area contributed by atoms with Gasteiger partial charge in [-0.1, -0.05) is 18.2 Å². The van der Waals surface area contributed by atoms with Crippen LogP contribution in [-0.4, -0.2) is 38.7 Å². The van der Waals surface area contributed by atoms with Crippen LogP contribution < -0.4 is 0 Å². The third-order valence-electron chi connectivity index (χ3n) is 5.05. The van der Waals surface area contributed by atoms with Crippen LogP contribution in [0.3, 0.4) is 0 Å². The number of benzene rings is 1. The van der Waals surface area contributed by atoms with Crippen LogP contribution in [0.4, 0.5) is 4.39 Å². The van der Waals surface area contributed by atoms with E-state index in [1.807, 2.05) is 11.2 Å². The maximum atomic E-state index is 13.7. The third-order valence-corrected chi connectivity index (χ3v) is 5.05. The zero-order valence-electron chi connectivity index (χ0n) is 13.6. The van der Waals surface area contributed by atoms with Crippen molar-refractivity contribution in [3.8, 4) is 0 Å². The molecule has 2 aromatic rings. The predicted molar refractivity (Wildman–Crippen MR) is 87.0 cm³/mol. The number of piperidine rings is 1. The molecule has 1 saturated heterocycles. The second-order valence-corrected chi connectivity index (χ2v) is 6.75. The normalized spacial score (nSPS) is 18.8. The van der Waals surface area contributed by atoms with E-state index in [4.69, 9.17) is 0 Å². The first-order chi connectivity index (χ1) is 11.7. The monoisotopic (exact) mass is 328 g/mol. The number of aromatic nitrogens is 3. The van der Waals surface area contributed by atoms with Gasteiger partial charge in [0.15, 0.2) is 0 Å². The summed E-state index contributed by atoms with van der Waals surface area (Å²) in [5.41, 5.74) is 0.472. The number of amides is 1. The number of rotatable bonds is 4. The van der Waals surface area contributed by atoms with E-state index in [-0.39, 0.29) is 18.1 Å². The molecule has 1 aromatic heterocycles. The summed E-state index contributed by atoms with van der Waals surface area (Å²) < 4.78 is 15.9. The van der Waals surface area contributed by atoms with Crippen LogP contribution in [0.15, 0.2) is 30.6 Å². The molecule has 24 heavy (non-hydrogen) atoms. The second-order valence-electron chi connectivity index (χ2n) is 6.75. The van der Waals surface area contributed by atoms with E-state index in [1.54, 1.807) is 18.2 Å². The zero-order valence-corrected chi connectivity index (χ0v) is 13.6. The summed E-state index contributed by atoms with van der Waals surface area (Å²) in [5.74, 6) is 1.38. The molecule has 0 N–H and O–H groups in total. The van der Waals surface area contributed by atoms with E-state index in [0.717, 1.165) is 18.7 Å². The quantitative estimate of drug-likeness (QED) is 0.867. The van der Waals surface area contributed by atoms with E-state index in [0.29, 0.717) is 30.6 Å². The topological polar surface area (TPSA) is 51.0 Å². The number of carbonyl (C=O) groups excluding carboxylic acids is 1. The summed E-state index contributed by atoms with van der Waals surface area (Å²) in [4.78, 5) is 14.3. The molecular formula is C18H21FN4O. The fraction of sp³-hybridized carbons (Fsp3) is 0.500. The Hall–Kier alpha value is -2.24.